The molecular formula is C15H24N6O3. The molecule has 2 amide bonds. The number of allylic oxidation sites excluding steroid dienone is 2. The first-order valence-electron chi connectivity index (χ1n) is 7.29. The minimum atomic E-state index is -0.564. The van der Waals surface area contributed by atoms with Crippen LogP contribution in [0.1, 0.15) is 27.7 Å². The Morgan fingerprint density at radius 2 is 1.88 bits per heavy atom. The number of rotatable bonds is 8. The molecule has 0 rings (SSSR count). The minimum absolute atomic E-state index is 0.0607. The maximum atomic E-state index is 11.9. The second kappa shape index (κ2) is 10.8. The molecule has 0 aliphatic rings. The zero-order valence-electron chi connectivity index (χ0n) is 14.5. The average Bonchev–Trinajstić information content (AvgIpc) is 2.49. The van der Waals surface area contributed by atoms with E-state index in [2.05, 4.69) is 32.4 Å². The Bertz CT molecular complexity index is 568. The van der Waals surface area contributed by atoms with Gasteiger partial charge >= 0.3 is 6.09 Å². The van der Waals surface area contributed by atoms with Crippen LogP contribution in [-0.4, -0.2) is 44.0 Å². The van der Waals surface area contributed by atoms with Crippen LogP contribution >= 0.6 is 0 Å². The summed E-state index contributed by atoms with van der Waals surface area (Å²) in [5.41, 5.74) is 8.57. The number of hydrogen-bond acceptors (Lipinski definition) is 5. The number of hydrogen-bond donors (Lipinski definition) is 2. The van der Waals surface area contributed by atoms with Crippen LogP contribution < -0.4 is 10.6 Å². The molecule has 0 bridgehead atoms. The van der Waals surface area contributed by atoms with Gasteiger partial charge in [0.25, 0.3) is 0 Å². The van der Waals surface area contributed by atoms with Crippen molar-refractivity contribution in [2.24, 2.45) is 10.1 Å². The van der Waals surface area contributed by atoms with E-state index in [1.165, 1.54) is 0 Å². The van der Waals surface area contributed by atoms with Crippen molar-refractivity contribution in [2.45, 2.75) is 33.3 Å². The molecule has 0 aromatic carbocycles. The normalized spacial score (nSPS) is 12.0. The van der Waals surface area contributed by atoms with Gasteiger partial charge in [-0.2, -0.15) is 0 Å². The molecule has 0 atom stereocenters. The first kappa shape index (κ1) is 21.2. The highest BCUT2D eigenvalue weighted by Crippen LogP contribution is 2.06. The van der Waals surface area contributed by atoms with Crippen molar-refractivity contribution in [1.82, 2.24) is 10.6 Å². The van der Waals surface area contributed by atoms with Crippen LogP contribution in [0.15, 0.2) is 33.5 Å². The molecule has 2 N–H and O–H groups in total. The molecule has 9 heteroatoms. The highest BCUT2D eigenvalue weighted by atomic mass is 16.6. The van der Waals surface area contributed by atoms with E-state index >= 15 is 0 Å². The second-order valence-electron chi connectivity index (χ2n) is 5.74. The summed E-state index contributed by atoms with van der Waals surface area (Å²) >= 11 is 0. The largest absolute Gasteiger partial charge is 0.444 e. The summed E-state index contributed by atoms with van der Waals surface area (Å²) in [5.74, 6) is -0.288. The summed E-state index contributed by atoms with van der Waals surface area (Å²) in [6.45, 7) is 10.9. The fourth-order valence-electron chi connectivity index (χ4n) is 1.35. The second-order valence-corrected chi connectivity index (χ2v) is 5.74. The van der Waals surface area contributed by atoms with Crippen LogP contribution in [0.4, 0.5) is 4.79 Å². The van der Waals surface area contributed by atoms with Gasteiger partial charge in [0.15, 0.2) is 0 Å². The Balaban J connectivity index is 4.29. The highest BCUT2D eigenvalue weighted by Gasteiger charge is 2.15. The van der Waals surface area contributed by atoms with E-state index in [0.29, 0.717) is 11.3 Å². The SMILES string of the molecule is C=N/C(=C\C=C(/C)C(=O)NCCNC(=O)OC(C)(C)C)CN=[N+]=[N-]. The molecule has 9 nitrogen and oxygen atoms in total. The summed E-state index contributed by atoms with van der Waals surface area (Å²) in [5, 5.41) is 8.55. The van der Waals surface area contributed by atoms with Gasteiger partial charge in [-0.05, 0) is 46.0 Å². The van der Waals surface area contributed by atoms with Gasteiger partial charge in [0.05, 0.1) is 6.54 Å². The lowest BCUT2D eigenvalue weighted by Gasteiger charge is -2.19. The molecule has 0 aliphatic heterocycles. The molecule has 0 saturated heterocycles. The summed E-state index contributed by atoms with van der Waals surface area (Å²) < 4.78 is 5.07. The van der Waals surface area contributed by atoms with E-state index in [1.807, 2.05) is 0 Å². The van der Waals surface area contributed by atoms with Gasteiger partial charge in [0.2, 0.25) is 5.91 Å². The van der Waals surface area contributed by atoms with Gasteiger partial charge in [-0.15, -0.1) is 0 Å². The molecule has 24 heavy (non-hydrogen) atoms. The molecule has 0 fully saturated rings. The van der Waals surface area contributed by atoms with Gasteiger partial charge < -0.3 is 15.4 Å². The quantitative estimate of drug-likeness (QED) is 0.134. The molecule has 0 saturated carbocycles. The lowest BCUT2D eigenvalue weighted by atomic mass is 10.2. The van der Waals surface area contributed by atoms with Crippen LogP contribution in [0.3, 0.4) is 0 Å². The number of nitrogens with zero attached hydrogens (tertiary/aromatic N) is 4. The number of carbonyl (C=O) groups excluding carboxylic acids is 2. The Labute approximate surface area is 141 Å². The highest BCUT2D eigenvalue weighted by molar-refractivity contribution is 5.93. The maximum Gasteiger partial charge on any atom is 0.407 e. The number of alkyl carbamates (subject to hydrolysis) is 1. The molecule has 0 radical (unpaired) electrons. The van der Waals surface area contributed by atoms with E-state index in [-0.39, 0.29) is 25.5 Å². The van der Waals surface area contributed by atoms with Gasteiger partial charge in [-0.1, -0.05) is 11.2 Å². The number of nitrogens with one attached hydrogen (secondary N) is 2. The van der Waals surface area contributed by atoms with Gasteiger partial charge in [-0.3, -0.25) is 9.79 Å². The predicted octanol–water partition coefficient (Wildman–Crippen LogP) is 2.47. The lowest BCUT2D eigenvalue weighted by molar-refractivity contribution is -0.117. The number of azide groups is 1. The van der Waals surface area contributed by atoms with Gasteiger partial charge in [-0.25, -0.2) is 4.79 Å². The molecule has 132 valence electrons. The average molecular weight is 336 g/mol. The Morgan fingerprint density at radius 3 is 2.42 bits per heavy atom. The summed E-state index contributed by atoms with van der Waals surface area (Å²) in [6, 6.07) is 0. The van der Waals surface area contributed by atoms with Crippen LogP contribution in [0.25, 0.3) is 10.4 Å². The molecule has 0 spiro atoms. The lowest BCUT2D eigenvalue weighted by Crippen LogP contribution is -2.38. The van der Waals surface area contributed by atoms with Crippen molar-refractivity contribution in [2.75, 3.05) is 19.6 Å². The van der Waals surface area contributed by atoms with Crippen LogP contribution in [0.2, 0.25) is 0 Å². The van der Waals surface area contributed by atoms with E-state index in [1.54, 1.807) is 39.8 Å². The Kier molecular flexibility index (Phi) is 9.58. The molecule has 0 heterocycles. The van der Waals surface area contributed by atoms with E-state index < -0.39 is 11.7 Å². The molecule has 0 aromatic rings. The van der Waals surface area contributed by atoms with E-state index in [9.17, 15) is 9.59 Å². The Hall–Kier alpha value is -2.80. The van der Waals surface area contributed by atoms with Crippen molar-refractivity contribution >= 4 is 18.7 Å². The minimum Gasteiger partial charge on any atom is -0.444 e. The van der Waals surface area contributed by atoms with Crippen molar-refractivity contribution < 1.29 is 14.3 Å². The molecule has 0 aliphatic carbocycles. The van der Waals surface area contributed by atoms with Crippen molar-refractivity contribution in [1.29, 1.82) is 0 Å². The zero-order valence-corrected chi connectivity index (χ0v) is 14.5. The smallest absolute Gasteiger partial charge is 0.407 e. The number of amides is 2. The third kappa shape index (κ3) is 10.9. The van der Waals surface area contributed by atoms with Gasteiger partial charge in [0, 0.05) is 29.3 Å². The predicted molar refractivity (Wildman–Crippen MR) is 92.6 cm³/mol. The molecular weight excluding hydrogens is 312 g/mol. The van der Waals surface area contributed by atoms with Crippen LogP contribution in [-0.2, 0) is 9.53 Å². The van der Waals surface area contributed by atoms with Crippen molar-refractivity contribution in [3.05, 3.63) is 33.9 Å². The van der Waals surface area contributed by atoms with Crippen molar-refractivity contribution in [3.8, 4) is 0 Å². The fourth-order valence-corrected chi connectivity index (χ4v) is 1.35. The standard InChI is InChI=1S/C15H24N6O3/c1-11(6-7-12(17-5)10-20-21-16)13(22)18-8-9-19-14(23)24-15(2,3)4/h6-7H,5,8-10H2,1-4H3,(H,18,22)(H,19,23)/b11-6+,12-7-. The zero-order chi connectivity index (χ0) is 18.6. The third-order valence-electron chi connectivity index (χ3n) is 2.46. The number of carbonyl (C=O) groups is 2. The van der Waals surface area contributed by atoms with E-state index in [4.69, 9.17) is 10.3 Å². The van der Waals surface area contributed by atoms with Gasteiger partial charge in [0.1, 0.15) is 5.60 Å². The fraction of sp³-hybridized carbons (Fsp3) is 0.533. The van der Waals surface area contributed by atoms with Crippen molar-refractivity contribution in [3.63, 3.8) is 0 Å². The topological polar surface area (TPSA) is 129 Å². The first-order valence-corrected chi connectivity index (χ1v) is 7.29. The first-order chi connectivity index (χ1) is 11.2. The summed E-state index contributed by atoms with van der Waals surface area (Å²) in [6.07, 6.45) is 2.56. The van der Waals surface area contributed by atoms with Crippen LogP contribution in [0.5, 0.6) is 0 Å². The molecule has 0 unspecified atom stereocenters. The maximum absolute atomic E-state index is 11.9. The Morgan fingerprint density at radius 1 is 1.25 bits per heavy atom. The number of aliphatic imine (C=N–C) groups is 1. The van der Waals surface area contributed by atoms with E-state index in [0.717, 1.165) is 0 Å². The third-order valence-corrected chi connectivity index (χ3v) is 2.46. The molecule has 0 aromatic heterocycles. The van der Waals surface area contributed by atoms with Crippen LogP contribution in [0, 0.1) is 0 Å². The summed E-state index contributed by atoms with van der Waals surface area (Å²) in [4.78, 5) is 29.6. The monoisotopic (exact) mass is 336 g/mol. The summed E-state index contributed by atoms with van der Waals surface area (Å²) in [7, 11) is 0. The number of ether oxygens (including phenoxy) is 1.